The molecule has 0 bridgehead atoms. The van der Waals surface area contributed by atoms with E-state index in [9.17, 15) is 4.79 Å². The summed E-state index contributed by atoms with van der Waals surface area (Å²) >= 11 is 6.63. The smallest absolute Gasteiger partial charge is 0.260 e. The summed E-state index contributed by atoms with van der Waals surface area (Å²) in [5, 5.41) is 4.31. The van der Waals surface area contributed by atoms with Gasteiger partial charge in [-0.3, -0.25) is 19.3 Å². The molecule has 0 fully saturated rings. The van der Waals surface area contributed by atoms with Crippen LogP contribution >= 0.6 is 11.6 Å². The molecule has 4 rings (SSSR count). The molecule has 0 aliphatic carbocycles. The van der Waals surface area contributed by atoms with Crippen molar-refractivity contribution in [1.29, 1.82) is 0 Å². The van der Waals surface area contributed by atoms with Crippen molar-refractivity contribution in [3.63, 3.8) is 0 Å². The number of fused-ring (bicyclic) bond motifs is 1. The minimum atomic E-state index is -0.160. The molecule has 1 N–H and O–H groups in total. The molecule has 8 nitrogen and oxygen atoms in total. The van der Waals surface area contributed by atoms with Crippen LogP contribution in [0.5, 0.6) is 0 Å². The predicted octanol–water partition coefficient (Wildman–Crippen LogP) is 3.96. The van der Waals surface area contributed by atoms with E-state index in [1.807, 2.05) is 32.0 Å². The third-order valence-corrected chi connectivity index (χ3v) is 5.46. The van der Waals surface area contributed by atoms with E-state index in [1.54, 1.807) is 36.3 Å². The van der Waals surface area contributed by atoms with Crippen LogP contribution in [0.1, 0.15) is 12.6 Å². The molecule has 3 heterocycles. The molecular formula is C23H23ClN6O2. The molecule has 0 aliphatic heterocycles. The fourth-order valence-electron chi connectivity index (χ4n) is 3.57. The lowest BCUT2D eigenvalue weighted by Crippen LogP contribution is -2.23. The van der Waals surface area contributed by atoms with Crippen LogP contribution in [0.3, 0.4) is 0 Å². The van der Waals surface area contributed by atoms with Gasteiger partial charge in [-0.25, -0.2) is 4.98 Å². The third-order valence-electron chi connectivity index (χ3n) is 5.15. The van der Waals surface area contributed by atoms with Crippen LogP contribution in [0.2, 0.25) is 5.02 Å². The maximum Gasteiger partial charge on any atom is 0.260 e. The number of nitrogens with zero attached hydrogens (tertiary/aromatic N) is 5. The zero-order valence-corrected chi connectivity index (χ0v) is 18.8. The summed E-state index contributed by atoms with van der Waals surface area (Å²) < 4.78 is 6.67. The second-order valence-electron chi connectivity index (χ2n) is 7.18. The van der Waals surface area contributed by atoms with Crippen LogP contribution in [-0.2, 0) is 11.3 Å². The number of nitrogens with one attached hydrogen (secondary N) is 1. The standard InChI is InChI=1S/C23H23ClN6O2/c1-4-30-21-16(13-28-23(29-21)27-9-10-32-3)11-18(22(30)31)17-6-5-15(12-19(17)24)20-14(2)25-7-8-26-20/h5-8,11-13H,4,9-10H2,1-3H3,(H,27,28,29). The Morgan fingerprint density at radius 2 is 1.94 bits per heavy atom. The summed E-state index contributed by atoms with van der Waals surface area (Å²) in [6.45, 7) is 5.37. The first-order valence-electron chi connectivity index (χ1n) is 10.2. The van der Waals surface area contributed by atoms with E-state index in [1.165, 1.54) is 0 Å². The van der Waals surface area contributed by atoms with Gasteiger partial charge in [-0.2, -0.15) is 4.98 Å². The number of hydrogen-bond acceptors (Lipinski definition) is 7. The molecule has 9 heteroatoms. The number of aromatic nitrogens is 5. The number of pyridine rings is 1. The third kappa shape index (κ3) is 4.19. The minimum absolute atomic E-state index is 0.160. The number of anilines is 1. The van der Waals surface area contributed by atoms with Crippen molar-refractivity contribution >= 4 is 28.6 Å². The Morgan fingerprint density at radius 3 is 2.66 bits per heavy atom. The summed E-state index contributed by atoms with van der Waals surface area (Å²) in [7, 11) is 1.63. The Labute approximate surface area is 190 Å². The minimum Gasteiger partial charge on any atom is -0.383 e. The van der Waals surface area contributed by atoms with Crippen molar-refractivity contribution in [1.82, 2.24) is 24.5 Å². The number of halogens is 1. The Bertz CT molecular complexity index is 1340. The summed E-state index contributed by atoms with van der Waals surface area (Å²) in [5.74, 6) is 0.450. The first kappa shape index (κ1) is 21.9. The Kier molecular flexibility index (Phi) is 6.43. The Morgan fingerprint density at radius 1 is 1.12 bits per heavy atom. The zero-order valence-electron chi connectivity index (χ0n) is 18.1. The van der Waals surface area contributed by atoms with Crippen LogP contribution in [-0.4, -0.2) is 44.8 Å². The average Bonchev–Trinajstić information content (AvgIpc) is 2.79. The van der Waals surface area contributed by atoms with Gasteiger partial charge in [0.05, 0.1) is 18.0 Å². The molecular weight excluding hydrogens is 428 g/mol. The average molecular weight is 451 g/mol. The molecule has 0 spiro atoms. The largest absolute Gasteiger partial charge is 0.383 e. The van der Waals surface area contributed by atoms with Gasteiger partial charge in [-0.15, -0.1) is 0 Å². The highest BCUT2D eigenvalue weighted by Gasteiger charge is 2.16. The Hall–Kier alpha value is -3.36. The molecule has 0 saturated heterocycles. The topological polar surface area (TPSA) is 94.8 Å². The highest BCUT2D eigenvalue weighted by Crippen LogP contribution is 2.32. The summed E-state index contributed by atoms with van der Waals surface area (Å²) in [5.41, 5.74) is 3.96. The molecule has 0 aliphatic rings. The second-order valence-corrected chi connectivity index (χ2v) is 7.59. The van der Waals surface area contributed by atoms with Crippen LogP contribution in [0, 0.1) is 6.92 Å². The summed E-state index contributed by atoms with van der Waals surface area (Å²) in [4.78, 5) is 30.9. The van der Waals surface area contributed by atoms with Gasteiger partial charge in [0.2, 0.25) is 5.95 Å². The lowest BCUT2D eigenvalue weighted by molar-refractivity contribution is 0.210. The van der Waals surface area contributed by atoms with Gasteiger partial charge in [0.1, 0.15) is 5.65 Å². The van der Waals surface area contributed by atoms with E-state index in [4.69, 9.17) is 16.3 Å². The molecule has 0 unspecified atom stereocenters. The molecule has 0 amide bonds. The van der Waals surface area contributed by atoms with Crippen LogP contribution in [0.25, 0.3) is 33.4 Å². The van der Waals surface area contributed by atoms with Crippen molar-refractivity contribution in [3.8, 4) is 22.4 Å². The number of benzene rings is 1. The Balaban J connectivity index is 1.79. The number of aryl methyl sites for hydroxylation is 2. The lowest BCUT2D eigenvalue weighted by atomic mass is 10.0. The van der Waals surface area contributed by atoms with E-state index in [0.717, 1.165) is 22.3 Å². The van der Waals surface area contributed by atoms with Gasteiger partial charge in [-0.05, 0) is 26.0 Å². The van der Waals surface area contributed by atoms with E-state index in [-0.39, 0.29) is 5.56 Å². The fraction of sp³-hybridized carbons (Fsp3) is 0.261. The van der Waals surface area contributed by atoms with Gasteiger partial charge in [0.25, 0.3) is 5.56 Å². The van der Waals surface area contributed by atoms with Crippen molar-refractivity contribution in [2.45, 2.75) is 20.4 Å². The number of rotatable bonds is 7. The van der Waals surface area contributed by atoms with Gasteiger partial charge in [-0.1, -0.05) is 23.7 Å². The molecule has 4 aromatic rings. The number of methoxy groups -OCH3 is 1. The van der Waals surface area contributed by atoms with Crippen LogP contribution in [0.15, 0.2) is 47.7 Å². The normalized spacial score (nSPS) is 11.1. The van der Waals surface area contributed by atoms with Crippen molar-refractivity contribution in [2.24, 2.45) is 0 Å². The van der Waals surface area contributed by atoms with Gasteiger partial charge in [0, 0.05) is 65.9 Å². The highest BCUT2D eigenvalue weighted by atomic mass is 35.5. The lowest BCUT2D eigenvalue weighted by Gasteiger charge is -2.13. The van der Waals surface area contributed by atoms with Crippen molar-refractivity contribution < 1.29 is 4.74 Å². The summed E-state index contributed by atoms with van der Waals surface area (Å²) in [6.07, 6.45) is 5.00. The number of hydrogen-bond donors (Lipinski definition) is 1. The zero-order chi connectivity index (χ0) is 22.7. The van der Waals surface area contributed by atoms with E-state index >= 15 is 0 Å². The first-order chi connectivity index (χ1) is 15.5. The molecule has 0 atom stereocenters. The molecule has 32 heavy (non-hydrogen) atoms. The predicted molar refractivity (Wildman–Crippen MR) is 126 cm³/mol. The molecule has 0 radical (unpaired) electrons. The summed E-state index contributed by atoms with van der Waals surface area (Å²) in [6, 6.07) is 7.34. The molecule has 1 aromatic carbocycles. The maximum atomic E-state index is 13.3. The quantitative estimate of drug-likeness (QED) is 0.426. The van der Waals surface area contributed by atoms with E-state index < -0.39 is 0 Å². The first-order valence-corrected chi connectivity index (χ1v) is 10.6. The van der Waals surface area contributed by atoms with E-state index in [0.29, 0.717) is 47.4 Å². The second kappa shape index (κ2) is 9.42. The van der Waals surface area contributed by atoms with Crippen LogP contribution < -0.4 is 10.9 Å². The van der Waals surface area contributed by atoms with Gasteiger partial charge >= 0.3 is 0 Å². The van der Waals surface area contributed by atoms with Gasteiger partial charge in [0.15, 0.2) is 0 Å². The van der Waals surface area contributed by atoms with Crippen molar-refractivity contribution in [3.05, 3.63) is 63.9 Å². The van der Waals surface area contributed by atoms with E-state index in [2.05, 4.69) is 25.3 Å². The van der Waals surface area contributed by atoms with Crippen LogP contribution in [0.4, 0.5) is 5.95 Å². The van der Waals surface area contributed by atoms with Gasteiger partial charge < -0.3 is 10.1 Å². The fourth-order valence-corrected chi connectivity index (χ4v) is 3.85. The molecule has 0 saturated carbocycles. The maximum absolute atomic E-state index is 13.3. The monoisotopic (exact) mass is 450 g/mol. The van der Waals surface area contributed by atoms with Crippen molar-refractivity contribution in [2.75, 3.05) is 25.6 Å². The highest BCUT2D eigenvalue weighted by molar-refractivity contribution is 6.33. The molecule has 164 valence electrons. The SMILES string of the molecule is CCn1c(=O)c(-c2ccc(-c3nccnc3C)cc2Cl)cc2cnc(NCCOC)nc21. The molecule has 3 aromatic heterocycles. The number of ether oxygens (including phenoxy) is 1.